The Kier molecular flexibility index (Phi) is 7.83. The third kappa shape index (κ3) is 4.75. The molecule has 1 rings (SSSR count). The monoisotopic (exact) mass is 278 g/mol. The van der Waals surface area contributed by atoms with Gasteiger partial charge in [0.05, 0.1) is 12.1 Å². The summed E-state index contributed by atoms with van der Waals surface area (Å²) in [6.45, 7) is 4.59. The second-order valence-corrected chi connectivity index (χ2v) is 5.53. The Balaban J connectivity index is 0.00000289. The van der Waals surface area contributed by atoms with Gasteiger partial charge in [-0.1, -0.05) is 33.1 Å². The summed E-state index contributed by atoms with van der Waals surface area (Å²) in [6.07, 6.45) is 5.34. The molecule has 0 aromatic rings. The smallest absolute Gasteiger partial charge is 0.236 e. The summed E-state index contributed by atoms with van der Waals surface area (Å²) in [5.74, 6) is -0.0918. The lowest BCUT2D eigenvalue weighted by molar-refractivity contribution is -0.123. The zero-order valence-electron chi connectivity index (χ0n) is 11.4. The quantitative estimate of drug-likeness (QED) is 0.715. The van der Waals surface area contributed by atoms with Gasteiger partial charge in [-0.15, -0.1) is 12.4 Å². The zero-order chi connectivity index (χ0) is 12.9. The van der Waals surface area contributed by atoms with Gasteiger partial charge in [0.25, 0.3) is 0 Å². The minimum absolute atomic E-state index is 0. The summed E-state index contributed by atoms with van der Waals surface area (Å²) in [6, 6.07) is -0.413. The fourth-order valence-corrected chi connectivity index (χ4v) is 2.45. The van der Waals surface area contributed by atoms with E-state index in [0.717, 1.165) is 32.1 Å². The van der Waals surface area contributed by atoms with E-state index in [-0.39, 0.29) is 29.8 Å². The normalized spacial score (nSPS) is 29.2. The highest BCUT2D eigenvalue weighted by molar-refractivity contribution is 5.85. The highest BCUT2D eigenvalue weighted by Gasteiger charge is 2.35. The number of amides is 1. The molecule has 0 aromatic heterocycles. The maximum absolute atomic E-state index is 11.7. The largest absolute Gasteiger partial charge is 0.392 e. The van der Waals surface area contributed by atoms with Crippen LogP contribution in [0.15, 0.2) is 0 Å². The predicted molar refractivity (Wildman–Crippen MR) is 75.7 cm³/mol. The van der Waals surface area contributed by atoms with Gasteiger partial charge in [-0.2, -0.15) is 0 Å². The van der Waals surface area contributed by atoms with Crippen LogP contribution in [0.2, 0.25) is 0 Å². The van der Waals surface area contributed by atoms with Gasteiger partial charge < -0.3 is 16.2 Å². The molecule has 4 nitrogen and oxygen atoms in total. The number of aliphatic hydroxyl groups is 1. The molecule has 18 heavy (non-hydrogen) atoms. The Morgan fingerprint density at radius 3 is 2.78 bits per heavy atom. The van der Waals surface area contributed by atoms with Crippen LogP contribution in [0, 0.1) is 5.41 Å². The standard InChI is InChI=1S/C13H26N2O2.ClH/c1-3-6-10(14)12(17)15-9-13(2)8-5-4-7-11(13)16;/h10-11,16H,3-9,14H2,1-2H3,(H,15,17);1H. The molecule has 0 bridgehead atoms. The maximum atomic E-state index is 11.7. The Bertz CT molecular complexity index is 263. The maximum Gasteiger partial charge on any atom is 0.236 e. The van der Waals surface area contributed by atoms with Crippen LogP contribution in [0.3, 0.4) is 0 Å². The van der Waals surface area contributed by atoms with Gasteiger partial charge in [-0.25, -0.2) is 0 Å². The fourth-order valence-electron chi connectivity index (χ4n) is 2.45. The number of nitrogens with two attached hydrogens (primary N) is 1. The lowest BCUT2D eigenvalue weighted by Crippen LogP contribution is -2.49. The Morgan fingerprint density at radius 1 is 1.56 bits per heavy atom. The topological polar surface area (TPSA) is 75.4 Å². The zero-order valence-corrected chi connectivity index (χ0v) is 12.3. The number of carbonyl (C=O) groups is 1. The first-order chi connectivity index (χ1) is 7.99. The van der Waals surface area contributed by atoms with Gasteiger partial charge >= 0.3 is 0 Å². The second kappa shape index (κ2) is 7.97. The molecule has 1 saturated carbocycles. The molecule has 3 unspecified atom stereocenters. The Hall–Kier alpha value is -0.320. The minimum Gasteiger partial charge on any atom is -0.392 e. The van der Waals surface area contributed by atoms with Crippen molar-refractivity contribution < 1.29 is 9.90 Å². The fraction of sp³-hybridized carbons (Fsp3) is 0.923. The van der Waals surface area contributed by atoms with E-state index in [9.17, 15) is 9.90 Å². The molecule has 4 N–H and O–H groups in total. The van der Waals surface area contributed by atoms with Crippen LogP contribution in [0.5, 0.6) is 0 Å². The molecular formula is C13H27ClN2O2. The lowest BCUT2D eigenvalue weighted by atomic mass is 9.73. The molecule has 0 heterocycles. The predicted octanol–water partition coefficient (Wildman–Crippen LogP) is 1.59. The second-order valence-electron chi connectivity index (χ2n) is 5.53. The molecule has 108 valence electrons. The molecule has 3 atom stereocenters. The van der Waals surface area contributed by atoms with E-state index in [4.69, 9.17) is 5.73 Å². The van der Waals surface area contributed by atoms with E-state index in [0.29, 0.717) is 13.0 Å². The van der Waals surface area contributed by atoms with Gasteiger partial charge in [0.15, 0.2) is 0 Å². The first-order valence-corrected chi connectivity index (χ1v) is 6.71. The van der Waals surface area contributed by atoms with Gasteiger partial charge in [-0.05, 0) is 19.3 Å². The van der Waals surface area contributed by atoms with Crippen molar-refractivity contribution in [2.75, 3.05) is 6.54 Å². The average molecular weight is 279 g/mol. The van der Waals surface area contributed by atoms with Crippen molar-refractivity contribution in [1.82, 2.24) is 5.32 Å². The van der Waals surface area contributed by atoms with Crippen molar-refractivity contribution in [2.45, 2.75) is 64.5 Å². The molecule has 5 heteroatoms. The average Bonchev–Trinajstić information content (AvgIpc) is 2.30. The molecule has 1 fully saturated rings. The summed E-state index contributed by atoms with van der Waals surface area (Å²) in [4.78, 5) is 11.7. The molecule has 1 aliphatic rings. The van der Waals surface area contributed by atoms with Crippen LogP contribution in [-0.4, -0.2) is 29.7 Å². The molecule has 0 radical (unpaired) electrons. The van der Waals surface area contributed by atoms with E-state index in [1.54, 1.807) is 0 Å². The van der Waals surface area contributed by atoms with E-state index >= 15 is 0 Å². The van der Waals surface area contributed by atoms with Crippen molar-refractivity contribution >= 4 is 18.3 Å². The van der Waals surface area contributed by atoms with Crippen molar-refractivity contribution in [3.8, 4) is 0 Å². The summed E-state index contributed by atoms with van der Waals surface area (Å²) in [5.41, 5.74) is 5.57. The number of hydrogen-bond acceptors (Lipinski definition) is 3. The number of hydrogen-bond donors (Lipinski definition) is 3. The molecule has 1 amide bonds. The molecular weight excluding hydrogens is 252 g/mol. The Morgan fingerprint density at radius 2 is 2.22 bits per heavy atom. The summed E-state index contributed by atoms with van der Waals surface area (Å²) >= 11 is 0. The van der Waals surface area contributed by atoms with Crippen LogP contribution < -0.4 is 11.1 Å². The number of aliphatic hydroxyl groups excluding tert-OH is 1. The molecule has 0 aliphatic heterocycles. The van der Waals surface area contributed by atoms with Gasteiger partial charge in [0.2, 0.25) is 5.91 Å². The number of halogens is 1. The van der Waals surface area contributed by atoms with Gasteiger partial charge in [0, 0.05) is 12.0 Å². The van der Waals surface area contributed by atoms with Gasteiger partial charge in [0.1, 0.15) is 0 Å². The van der Waals surface area contributed by atoms with Crippen LogP contribution >= 0.6 is 12.4 Å². The minimum atomic E-state index is -0.413. The highest BCUT2D eigenvalue weighted by atomic mass is 35.5. The molecule has 1 aliphatic carbocycles. The number of rotatable bonds is 5. The highest BCUT2D eigenvalue weighted by Crippen LogP contribution is 2.35. The summed E-state index contributed by atoms with van der Waals surface area (Å²) in [7, 11) is 0. The molecule has 0 aromatic carbocycles. The van der Waals surface area contributed by atoms with Crippen LogP contribution in [0.4, 0.5) is 0 Å². The number of carbonyl (C=O) groups excluding carboxylic acids is 1. The lowest BCUT2D eigenvalue weighted by Gasteiger charge is -2.38. The third-order valence-corrected chi connectivity index (χ3v) is 3.88. The van der Waals surface area contributed by atoms with Crippen LogP contribution in [-0.2, 0) is 4.79 Å². The third-order valence-electron chi connectivity index (χ3n) is 3.88. The van der Waals surface area contributed by atoms with Crippen LogP contribution in [0.1, 0.15) is 52.4 Å². The molecule has 0 spiro atoms. The first kappa shape index (κ1) is 17.7. The van der Waals surface area contributed by atoms with Gasteiger partial charge in [-0.3, -0.25) is 4.79 Å². The van der Waals surface area contributed by atoms with E-state index in [1.807, 2.05) is 13.8 Å². The van der Waals surface area contributed by atoms with Crippen LogP contribution in [0.25, 0.3) is 0 Å². The SMILES string of the molecule is CCCC(N)C(=O)NCC1(C)CCCCC1O.Cl. The summed E-state index contributed by atoms with van der Waals surface area (Å²) < 4.78 is 0. The first-order valence-electron chi connectivity index (χ1n) is 6.71. The van der Waals surface area contributed by atoms with E-state index < -0.39 is 6.04 Å². The van der Waals surface area contributed by atoms with Crippen molar-refractivity contribution in [3.05, 3.63) is 0 Å². The van der Waals surface area contributed by atoms with E-state index in [2.05, 4.69) is 5.32 Å². The molecule has 0 saturated heterocycles. The van der Waals surface area contributed by atoms with E-state index in [1.165, 1.54) is 0 Å². The number of nitrogens with one attached hydrogen (secondary N) is 1. The van der Waals surface area contributed by atoms with Crippen molar-refractivity contribution in [2.24, 2.45) is 11.1 Å². The summed E-state index contributed by atoms with van der Waals surface area (Å²) in [5, 5.41) is 12.9. The Labute approximate surface area is 116 Å². The van der Waals surface area contributed by atoms with Crippen molar-refractivity contribution in [1.29, 1.82) is 0 Å². The van der Waals surface area contributed by atoms with Crippen molar-refractivity contribution in [3.63, 3.8) is 0 Å².